The molecule has 9 nitrogen and oxygen atoms in total. The molecule has 1 aliphatic carbocycles. The molecule has 0 unspecified atom stereocenters. The van der Waals surface area contributed by atoms with Crippen LogP contribution in [0.3, 0.4) is 0 Å². The molecule has 6 rings (SSSR count). The number of aryl methyl sites for hydroxylation is 2. The van der Waals surface area contributed by atoms with Crippen molar-refractivity contribution in [2.45, 2.75) is 38.4 Å². The summed E-state index contributed by atoms with van der Waals surface area (Å²) in [7, 11) is 3.11. The van der Waals surface area contributed by atoms with Crippen LogP contribution in [0.4, 0.5) is 13.2 Å². The SMILES string of the molecule is COc1ncnc(C2CC2)c1-c1ncc2nc(C)n(Cc3ccc(-c4nc(C(F)(F)F)cn4C)cc3)c2n1. The summed E-state index contributed by atoms with van der Waals surface area (Å²) in [4.78, 5) is 26.6. The fourth-order valence-corrected chi connectivity index (χ4v) is 4.57. The van der Waals surface area contributed by atoms with Gasteiger partial charge in [0.2, 0.25) is 5.88 Å². The molecule has 38 heavy (non-hydrogen) atoms. The van der Waals surface area contributed by atoms with Crippen LogP contribution in [0, 0.1) is 6.92 Å². The summed E-state index contributed by atoms with van der Waals surface area (Å²) in [5.74, 6) is 2.26. The van der Waals surface area contributed by atoms with E-state index in [4.69, 9.17) is 9.72 Å². The molecule has 5 aromatic rings. The molecule has 0 bridgehead atoms. The van der Waals surface area contributed by atoms with Gasteiger partial charge in [-0.25, -0.2) is 29.9 Å². The van der Waals surface area contributed by atoms with Crippen LogP contribution in [0.2, 0.25) is 0 Å². The van der Waals surface area contributed by atoms with Crippen LogP contribution in [0.15, 0.2) is 43.0 Å². The first-order valence-electron chi connectivity index (χ1n) is 12.0. The maximum Gasteiger partial charge on any atom is 0.434 e. The maximum absolute atomic E-state index is 13.1. The number of methoxy groups -OCH3 is 1. The quantitative estimate of drug-likeness (QED) is 0.313. The van der Waals surface area contributed by atoms with Crippen LogP contribution in [-0.4, -0.2) is 46.1 Å². The fourth-order valence-electron chi connectivity index (χ4n) is 4.57. The molecule has 12 heteroatoms. The van der Waals surface area contributed by atoms with E-state index >= 15 is 0 Å². The van der Waals surface area contributed by atoms with Crippen LogP contribution < -0.4 is 4.74 Å². The fraction of sp³-hybridized carbons (Fsp3) is 0.308. The molecule has 0 saturated heterocycles. The highest BCUT2D eigenvalue weighted by molar-refractivity contribution is 5.75. The Bertz CT molecular complexity index is 1650. The van der Waals surface area contributed by atoms with Crippen molar-refractivity contribution in [3.05, 3.63) is 65.8 Å². The number of halogens is 3. The summed E-state index contributed by atoms with van der Waals surface area (Å²) in [6, 6.07) is 7.26. The molecule has 0 atom stereocenters. The van der Waals surface area contributed by atoms with Crippen LogP contribution in [-0.2, 0) is 19.8 Å². The number of hydrogen-bond donors (Lipinski definition) is 0. The summed E-state index contributed by atoms with van der Waals surface area (Å²) in [5.41, 5.74) is 3.50. The van der Waals surface area contributed by atoms with Crippen molar-refractivity contribution in [3.8, 4) is 28.7 Å². The van der Waals surface area contributed by atoms with Gasteiger partial charge in [0.1, 0.15) is 29.1 Å². The van der Waals surface area contributed by atoms with E-state index < -0.39 is 11.9 Å². The second kappa shape index (κ2) is 8.89. The van der Waals surface area contributed by atoms with Gasteiger partial charge < -0.3 is 13.9 Å². The Balaban J connectivity index is 1.34. The van der Waals surface area contributed by atoms with Gasteiger partial charge in [0.05, 0.1) is 25.5 Å². The van der Waals surface area contributed by atoms with Crippen molar-refractivity contribution in [2.24, 2.45) is 7.05 Å². The standard InChI is InChI=1S/C26H23F3N8O/c1-14-33-18-10-30-22(20-21(16-8-9-16)31-13-32-25(20)38-3)35-24(18)37(14)11-15-4-6-17(7-5-15)23-34-19(12-36(23)2)26(27,28)29/h4-7,10,12-13,16H,8-9,11H2,1-3H3. The molecule has 4 heterocycles. The van der Waals surface area contributed by atoms with E-state index in [1.165, 1.54) is 10.9 Å². The smallest absolute Gasteiger partial charge is 0.434 e. The number of rotatable bonds is 6. The van der Waals surface area contributed by atoms with E-state index in [0.717, 1.165) is 36.1 Å². The minimum Gasteiger partial charge on any atom is -0.480 e. The van der Waals surface area contributed by atoms with Crippen LogP contribution >= 0.6 is 0 Å². The molecule has 0 spiro atoms. The van der Waals surface area contributed by atoms with Crippen molar-refractivity contribution < 1.29 is 17.9 Å². The highest BCUT2D eigenvalue weighted by atomic mass is 19.4. The molecule has 1 saturated carbocycles. The number of ether oxygens (including phenoxy) is 1. The van der Waals surface area contributed by atoms with Crippen LogP contribution in [0.1, 0.15) is 41.5 Å². The molecule has 1 aliphatic rings. The minimum atomic E-state index is -4.49. The zero-order chi connectivity index (χ0) is 26.6. The Hall–Kier alpha value is -4.35. The molecule has 0 amide bonds. The first-order chi connectivity index (χ1) is 18.2. The van der Waals surface area contributed by atoms with Gasteiger partial charge in [-0.05, 0) is 25.3 Å². The average Bonchev–Trinajstić information content (AvgIpc) is 3.60. The van der Waals surface area contributed by atoms with Crippen LogP contribution in [0.25, 0.3) is 33.9 Å². The maximum atomic E-state index is 13.1. The van der Waals surface area contributed by atoms with Gasteiger partial charge in [-0.15, -0.1) is 0 Å². The van der Waals surface area contributed by atoms with Gasteiger partial charge >= 0.3 is 6.18 Å². The molecule has 1 fully saturated rings. The Morgan fingerprint density at radius 2 is 1.79 bits per heavy atom. The van der Waals surface area contributed by atoms with Crippen molar-refractivity contribution in [1.29, 1.82) is 0 Å². The van der Waals surface area contributed by atoms with Gasteiger partial charge in [-0.1, -0.05) is 24.3 Å². The van der Waals surface area contributed by atoms with E-state index in [1.54, 1.807) is 32.5 Å². The number of nitrogens with zero attached hydrogens (tertiary/aromatic N) is 8. The summed E-state index contributed by atoms with van der Waals surface area (Å²) in [5, 5.41) is 0. The lowest BCUT2D eigenvalue weighted by Gasteiger charge is -2.11. The number of benzene rings is 1. The Morgan fingerprint density at radius 3 is 2.45 bits per heavy atom. The van der Waals surface area contributed by atoms with Crippen molar-refractivity contribution in [2.75, 3.05) is 7.11 Å². The number of aromatic nitrogens is 8. The predicted molar refractivity (Wildman–Crippen MR) is 132 cm³/mol. The highest BCUT2D eigenvalue weighted by Gasteiger charge is 2.34. The highest BCUT2D eigenvalue weighted by Crippen LogP contribution is 2.44. The summed E-state index contributed by atoms with van der Waals surface area (Å²) in [6.45, 7) is 2.36. The molecule has 0 N–H and O–H groups in total. The topological polar surface area (TPSA) is 96.4 Å². The minimum absolute atomic E-state index is 0.246. The number of fused-ring (bicyclic) bond motifs is 1. The van der Waals surface area contributed by atoms with E-state index in [2.05, 4.69) is 24.9 Å². The van der Waals surface area contributed by atoms with E-state index in [0.29, 0.717) is 46.5 Å². The number of alkyl halides is 3. The van der Waals surface area contributed by atoms with Gasteiger partial charge in [-0.3, -0.25) is 0 Å². The second-order valence-corrected chi connectivity index (χ2v) is 9.32. The van der Waals surface area contributed by atoms with Crippen molar-refractivity contribution >= 4 is 11.2 Å². The molecule has 0 radical (unpaired) electrons. The number of hydrogen-bond acceptors (Lipinski definition) is 7. The summed E-state index contributed by atoms with van der Waals surface area (Å²) < 4.78 is 48.1. The Morgan fingerprint density at radius 1 is 1.03 bits per heavy atom. The van der Waals surface area contributed by atoms with Gasteiger partial charge in [-0.2, -0.15) is 13.2 Å². The zero-order valence-corrected chi connectivity index (χ0v) is 20.9. The monoisotopic (exact) mass is 520 g/mol. The Labute approximate surface area is 215 Å². The van der Waals surface area contributed by atoms with Gasteiger partial charge in [0, 0.05) is 24.7 Å². The van der Waals surface area contributed by atoms with E-state index in [1.807, 2.05) is 23.6 Å². The Kier molecular flexibility index (Phi) is 5.62. The summed E-state index contributed by atoms with van der Waals surface area (Å²) >= 11 is 0. The molecule has 4 aromatic heterocycles. The first kappa shape index (κ1) is 24.0. The molecule has 194 valence electrons. The number of imidazole rings is 2. The first-order valence-corrected chi connectivity index (χ1v) is 12.0. The van der Waals surface area contributed by atoms with E-state index in [9.17, 15) is 13.2 Å². The van der Waals surface area contributed by atoms with Crippen LogP contribution in [0.5, 0.6) is 5.88 Å². The lowest BCUT2D eigenvalue weighted by Crippen LogP contribution is -2.05. The largest absolute Gasteiger partial charge is 0.480 e. The van der Waals surface area contributed by atoms with Gasteiger partial charge in [0.15, 0.2) is 17.2 Å². The van der Waals surface area contributed by atoms with Gasteiger partial charge in [0.25, 0.3) is 0 Å². The third kappa shape index (κ3) is 4.25. The molecule has 1 aromatic carbocycles. The molecule has 0 aliphatic heterocycles. The van der Waals surface area contributed by atoms with Crippen molar-refractivity contribution in [1.82, 2.24) is 39.0 Å². The second-order valence-electron chi connectivity index (χ2n) is 9.32. The third-order valence-corrected chi connectivity index (χ3v) is 6.62. The van der Waals surface area contributed by atoms with E-state index in [-0.39, 0.29) is 5.82 Å². The molecular formula is C26H23F3N8O. The zero-order valence-electron chi connectivity index (χ0n) is 20.9. The normalized spacial score (nSPS) is 13.8. The molecular weight excluding hydrogens is 497 g/mol. The summed E-state index contributed by atoms with van der Waals surface area (Å²) in [6.07, 6.45) is 1.79. The lowest BCUT2D eigenvalue weighted by molar-refractivity contribution is -0.140. The van der Waals surface area contributed by atoms with Crippen molar-refractivity contribution in [3.63, 3.8) is 0 Å². The lowest BCUT2D eigenvalue weighted by atomic mass is 10.1. The third-order valence-electron chi connectivity index (χ3n) is 6.62. The average molecular weight is 521 g/mol. The predicted octanol–water partition coefficient (Wildman–Crippen LogP) is 4.95.